The Hall–Kier alpha value is -3.63. The van der Waals surface area contributed by atoms with Crippen LogP contribution < -0.4 is 5.32 Å². The number of benzene rings is 1. The van der Waals surface area contributed by atoms with Crippen molar-refractivity contribution >= 4 is 17.6 Å². The number of nitrogens with one attached hydrogen (secondary N) is 1. The molecule has 0 radical (unpaired) electrons. The predicted octanol–water partition coefficient (Wildman–Crippen LogP) is 3.67. The second-order valence-corrected chi connectivity index (χ2v) is 5.92. The molecule has 2 heterocycles. The van der Waals surface area contributed by atoms with Gasteiger partial charge in [-0.25, -0.2) is 9.78 Å². The first-order valence-corrected chi connectivity index (χ1v) is 8.15. The molecule has 29 heavy (non-hydrogen) atoms. The Morgan fingerprint density at radius 2 is 1.72 bits per heavy atom. The van der Waals surface area contributed by atoms with E-state index in [1.807, 2.05) is 42.7 Å². The van der Waals surface area contributed by atoms with E-state index < -0.39 is 12.1 Å². The molecule has 0 aliphatic heterocycles. The number of amides is 1. The number of carbonyl (C=O) groups excluding carboxylic acids is 1. The maximum atomic E-state index is 12.0. The van der Waals surface area contributed by atoms with Gasteiger partial charge in [-0.3, -0.25) is 4.79 Å². The highest BCUT2D eigenvalue weighted by Crippen LogP contribution is 2.17. The Bertz CT molecular complexity index is 1010. The van der Waals surface area contributed by atoms with Crippen molar-refractivity contribution in [3.63, 3.8) is 0 Å². The van der Waals surface area contributed by atoms with Gasteiger partial charge in [0, 0.05) is 23.1 Å². The van der Waals surface area contributed by atoms with E-state index in [1.54, 1.807) is 19.3 Å². The Kier molecular flexibility index (Phi) is 6.42. The van der Waals surface area contributed by atoms with E-state index in [2.05, 4.69) is 15.5 Å². The molecular formula is C18H17F3N4O4. The summed E-state index contributed by atoms with van der Waals surface area (Å²) in [4.78, 5) is 25.2. The summed E-state index contributed by atoms with van der Waals surface area (Å²) in [6.07, 6.45) is -3.30. The molecule has 0 bridgehead atoms. The first kappa shape index (κ1) is 21.7. The fourth-order valence-electron chi connectivity index (χ4n) is 2.13. The topological polar surface area (TPSA) is 110 Å². The Morgan fingerprint density at radius 3 is 2.14 bits per heavy atom. The smallest absolute Gasteiger partial charge is 0.475 e. The molecule has 0 saturated heterocycles. The number of aromatic nitrogens is 3. The molecule has 1 aromatic carbocycles. The zero-order valence-electron chi connectivity index (χ0n) is 15.6. The first-order chi connectivity index (χ1) is 13.5. The molecule has 0 unspecified atom stereocenters. The van der Waals surface area contributed by atoms with E-state index in [-0.39, 0.29) is 11.7 Å². The highest BCUT2D eigenvalue weighted by atomic mass is 19.4. The molecule has 8 nitrogen and oxygen atoms in total. The van der Waals surface area contributed by atoms with Crippen molar-refractivity contribution < 1.29 is 32.4 Å². The van der Waals surface area contributed by atoms with E-state index >= 15 is 0 Å². The van der Waals surface area contributed by atoms with Gasteiger partial charge in [-0.1, -0.05) is 5.16 Å². The van der Waals surface area contributed by atoms with Gasteiger partial charge >= 0.3 is 12.1 Å². The summed E-state index contributed by atoms with van der Waals surface area (Å²) in [6, 6.07) is 9.13. The fraction of sp³-hybridized carbons (Fsp3) is 0.222. The lowest BCUT2D eigenvalue weighted by atomic mass is 10.2. The van der Waals surface area contributed by atoms with E-state index in [4.69, 9.17) is 14.4 Å². The highest BCUT2D eigenvalue weighted by molar-refractivity contribution is 6.02. The van der Waals surface area contributed by atoms with Crippen LogP contribution in [-0.2, 0) is 4.79 Å². The minimum absolute atomic E-state index is 0.197. The van der Waals surface area contributed by atoms with Crippen LogP contribution in [0.3, 0.4) is 0 Å². The number of aryl methyl sites for hydroxylation is 2. The van der Waals surface area contributed by atoms with Crippen molar-refractivity contribution in [2.45, 2.75) is 26.9 Å². The van der Waals surface area contributed by atoms with Gasteiger partial charge in [0.25, 0.3) is 5.91 Å². The molecule has 154 valence electrons. The Labute approximate surface area is 163 Å². The van der Waals surface area contributed by atoms with Gasteiger partial charge in [0.1, 0.15) is 0 Å². The van der Waals surface area contributed by atoms with Crippen LogP contribution >= 0.6 is 0 Å². The lowest BCUT2D eigenvalue weighted by molar-refractivity contribution is -0.192. The standard InChI is InChI=1S/C16H16N4O2.C2HF3O2/c1-10-8-15(22-19-10)16(21)18-13-4-6-14(7-5-13)20-9-17-11(2)12(20)3;3-2(4,5)1(6)7/h4-9H,1-3H3,(H,18,21);(H,6,7). The number of carboxylic acids is 1. The summed E-state index contributed by atoms with van der Waals surface area (Å²) in [6.45, 7) is 5.76. The summed E-state index contributed by atoms with van der Waals surface area (Å²) in [5.41, 5.74) is 4.45. The van der Waals surface area contributed by atoms with E-state index in [0.29, 0.717) is 11.4 Å². The third-order valence-corrected chi connectivity index (χ3v) is 3.75. The summed E-state index contributed by atoms with van der Waals surface area (Å²) >= 11 is 0. The van der Waals surface area contributed by atoms with Crippen LogP contribution in [0.5, 0.6) is 0 Å². The van der Waals surface area contributed by atoms with Gasteiger partial charge in [0.05, 0.1) is 17.7 Å². The van der Waals surface area contributed by atoms with Crippen molar-refractivity contribution in [2.24, 2.45) is 0 Å². The maximum Gasteiger partial charge on any atom is 0.490 e. The number of imidazole rings is 1. The van der Waals surface area contributed by atoms with Gasteiger partial charge in [-0.2, -0.15) is 13.2 Å². The van der Waals surface area contributed by atoms with Crippen LogP contribution in [0.2, 0.25) is 0 Å². The first-order valence-electron chi connectivity index (χ1n) is 8.15. The number of aliphatic carboxylic acids is 1. The number of hydrogen-bond donors (Lipinski definition) is 2. The maximum absolute atomic E-state index is 12.0. The van der Waals surface area contributed by atoms with Gasteiger partial charge < -0.3 is 19.5 Å². The molecule has 0 aliphatic rings. The number of carbonyl (C=O) groups is 2. The van der Waals surface area contributed by atoms with Gasteiger partial charge in [0.15, 0.2) is 0 Å². The Balaban J connectivity index is 0.000000370. The van der Waals surface area contributed by atoms with Crippen LogP contribution in [-0.4, -0.2) is 37.9 Å². The number of anilines is 1. The summed E-state index contributed by atoms with van der Waals surface area (Å²) < 4.78 is 38.7. The molecule has 3 aromatic rings. The van der Waals surface area contributed by atoms with Crippen LogP contribution in [0, 0.1) is 20.8 Å². The Morgan fingerprint density at radius 1 is 1.14 bits per heavy atom. The average molecular weight is 410 g/mol. The lowest BCUT2D eigenvalue weighted by Crippen LogP contribution is -2.21. The van der Waals surface area contributed by atoms with Crippen molar-refractivity contribution in [3.05, 3.63) is 59.5 Å². The molecule has 3 rings (SSSR count). The fourth-order valence-corrected chi connectivity index (χ4v) is 2.13. The highest BCUT2D eigenvalue weighted by Gasteiger charge is 2.38. The second-order valence-electron chi connectivity index (χ2n) is 5.92. The molecule has 0 saturated carbocycles. The third-order valence-electron chi connectivity index (χ3n) is 3.75. The van der Waals surface area contributed by atoms with Gasteiger partial charge in [0.2, 0.25) is 5.76 Å². The van der Waals surface area contributed by atoms with Gasteiger partial charge in [-0.15, -0.1) is 0 Å². The van der Waals surface area contributed by atoms with E-state index in [1.165, 1.54) is 0 Å². The molecule has 0 spiro atoms. The molecule has 11 heteroatoms. The molecule has 0 aliphatic carbocycles. The number of nitrogens with zero attached hydrogens (tertiary/aromatic N) is 3. The minimum Gasteiger partial charge on any atom is -0.475 e. The zero-order chi connectivity index (χ0) is 21.8. The summed E-state index contributed by atoms with van der Waals surface area (Å²) in [5, 5.41) is 13.6. The van der Waals surface area contributed by atoms with Gasteiger partial charge in [-0.05, 0) is 45.0 Å². The molecule has 0 atom stereocenters. The largest absolute Gasteiger partial charge is 0.490 e. The van der Waals surface area contributed by atoms with Crippen molar-refractivity contribution in [2.75, 3.05) is 5.32 Å². The SMILES string of the molecule is Cc1cc(C(=O)Nc2ccc(-n3cnc(C)c3C)cc2)on1.O=C(O)C(F)(F)F. The third kappa shape index (κ3) is 5.67. The molecule has 2 aromatic heterocycles. The predicted molar refractivity (Wildman–Crippen MR) is 95.9 cm³/mol. The number of halogens is 3. The minimum atomic E-state index is -5.08. The summed E-state index contributed by atoms with van der Waals surface area (Å²) in [7, 11) is 0. The second kappa shape index (κ2) is 8.59. The monoisotopic (exact) mass is 410 g/mol. The van der Waals surface area contributed by atoms with E-state index in [0.717, 1.165) is 17.1 Å². The molecular weight excluding hydrogens is 393 g/mol. The number of carboxylic acid groups (broad SMARTS) is 1. The molecule has 1 amide bonds. The van der Waals surface area contributed by atoms with Crippen LogP contribution in [0.4, 0.5) is 18.9 Å². The summed E-state index contributed by atoms with van der Waals surface area (Å²) in [5.74, 6) is -2.88. The van der Waals surface area contributed by atoms with Crippen LogP contribution in [0.15, 0.2) is 41.2 Å². The zero-order valence-corrected chi connectivity index (χ0v) is 15.6. The van der Waals surface area contributed by atoms with Crippen LogP contribution in [0.25, 0.3) is 5.69 Å². The number of rotatable bonds is 3. The molecule has 0 fully saturated rings. The number of alkyl halides is 3. The lowest BCUT2D eigenvalue weighted by Gasteiger charge is -2.07. The van der Waals surface area contributed by atoms with Crippen molar-refractivity contribution in [1.29, 1.82) is 0 Å². The average Bonchev–Trinajstić information content (AvgIpc) is 3.22. The van der Waals surface area contributed by atoms with Crippen LogP contribution in [0.1, 0.15) is 27.6 Å². The van der Waals surface area contributed by atoms with Crippen molar-refractivity contribution in [1.82, 2.24) is 14.7 Å². The molecule has 2 N–H and O–H groups in total. The van der Waals surface area contributed by atoms with Crippen molar-refractivity contribution in [3.8, 4) is 5.69 Å². The quantitative estimate of drug-likeness (QED) is 0.682. The normalized spacial score (nSPS) is 10.8. The number of hydrogen-bond acceptors (Lipinski definition) is 5. The van der Waals surface area contributed by atoms with E-state index in [9.17, 15) is 18.0 Å².